The van der Waals surface area contributed by atoms with Crippen molar-refractivity contribution in [2.45, 2.75) is 60.5 Å². The summed E-state index contributed by atoms with van der Waals surface area (Å²) < 4.78 is 16.7. The maximum Gasteiger partial charge on any atom is 0.189 e. The van der Waals surface area contributed by atoms with Crippen molar-refractivity contribution in [1.82, 2.24) is 0 Å². The van der Waals surface area contributed by atoms with E-state index in [4.69, 9.17) is 14.2 Å². The lowest BCUT2D eigenvalue weighted by Gasteiger charge is -2.38. The Morgan fingerprint density at radius 3 is 1.10 bits per heavy atom. The molecule has 0 amide bonds. The number of ether oxygens (including phenoxy) is 3. The summed E-state index contributed by atoms with van der Waals surface area (Å²) in [4.78, 5) is 37.1. The molecule has 0 radical (unpaired) electrons. The van der Waals surface area contributed by atoms with Crippen molar-refractivity contribution < 1.29 is 74.6 Å². The first-order chi connectivity index (χ1) is 19.8. The van der Waals surface area contributed by atoms with Crippen LogP contribution in [0.1, 0.15) is 19.3 Å². The van der Waals surface area contributed by atoms with Gasteiger partial charge in [0, 0.05) is 39.1 Å². The molecule has 15 heteroatoms. The molecule has 0 aliphatic heterocycles. The second kappa shape index (κ2) is 19.1. The van der Waals surface area contributed by atoms with E-state index in [1.54, 1.807) is 0 Å². The largest absolute Gasteiger partial charge is 0.396 e. The van der Waals surface area contributed by atoms with Gasteiger partial charge < -0.3 is 60.2 Å². The lowest BCUT2D eigenvalue weighted by molar-refractivity contribution is -0.209. The van der Waals surface area contributed by atoms with E-state index in [1.165, 1.54) is 0 Å². The molecule has 42 heavy (non-hydrogen) atoms. The first kappa shape index (κ1) is 39.8. The van der Waals surface area contributed by atoms with Gasteiger partial charge in [0.2, 0.25) is 0 Å². The second-order valence-electron chi connectivity index (χ2n) is 9.34. The van der Waals surface area contributed by atoms with E-state index in [0.717, 1.165) is 18.2 Å². The van der Waals surface area contributed by atoms with Crippen LogP contribution < -0.4 is 0 Å². The minimum absolute atomic E-state index is 0.571. The maximum absolute atomic E-state index is 12.4. The zero-order valence-electron chi connectivity index (χ0n) is 23.4. The molecule has 0 aliphatic carbocycles. The summed E-state index contributed by atoms with van der Waals surface area (Å²) in [7, 11) is 0. The number of carbonyl (C=O) groups excluding carboxylic acids is 3. The molecule has 0 fully saturated rings. The highest BCUT2D eigenvalue weighted by molar-refractivity contribution is 5.98. The summed E-state index contributed by atoms with van der Waals surface area (Å²) in [5.41, 5.74) is -7.41. The Bertz CT molecular complexity index is 847. The first-order valence-electron chi connectivity index (χ1n) is 13.0. The third kappa shape index (κ3) is 9.90. The van der Waals surface area contributed by atoms with Gasteiger partial charge in [-0.1, -0.05) is 19.7 Å². The smallest absolute Gasteiger partial charge is 0.189 e. The fourth-order valence-electron chi connectivity index (χ4n) is 4.17. The molecule has 0 aromatic heterocycles. The van der Waals surface area contributed by atoms with Crippen molar-refractivity contribution in [3.8, 4) is 0 Å². The highest BCUT2D eigenvalue weighted by atomic mass is 16.6. The van der Waals surface area contributed by atoms with Gasteiger partial charge in [-0.15, -0.1) is 0 Å². The van der Waals surface area contributed by atoms with Crippen LogP contribution in [0.15, 0.2) is 38.0 Å². The third-order valence-corrected chi connectivity index (χ3v) is 6.73. The van der Waals surface area contributed by atoms with Crippen molar-refractivity contribution in [1.29, 1.82) is 0 Å². The molecular weight excluding hydrogens is 564 g/mol. The predicted octanol–water partition coefficient (Wildman–Crippen LogP) is -3.91. The fourth-order valence-corrected chi connectivity index (χ4v) is 4.17. The summed E-state index contributed by atoms with van der Waals surface area (Å²) in [5.74, 6) is -3.02. The second-order valence-corrected chi connectivity index (χ2v) is 9.34. The van der Waals surface area contributed by atoms with Gasteiger partial charge in [-0.3, -0.25) is 14.4 Å². The monoisotopic (exact) mass is 608 g/mol. The van der Waals surface area contributed by atoms with Gasteiger partial charge in [-0.2, -0.15) is 0 Å². The molecule has 9 N–H and O–H groups in total. The maximum atomic E-state index is 12.4. The number of rotatable bonds is 26. The number of aliphatic hydroxyl groups is 9. The van der Waals surface area contributed by atoms with E-state index in [0.29, 0.717) is 0 Å². The molecule has 6 atom stereocenters. The molecule has 0 aromatic rings. The Balaban J connectivity index is 6.45. The third-order valence-electron chi connectivity index (χ3n) is 6.73. The molecule has 0 aromatic carbocycles. The number of aliphatic hydroxyl groups excluding tert-OH is 6. The van der Waals surface area contributed by atoms with Crippen LogP contribution in [0, 0.1) is 0 Å². The van der Waals surface area contributed by atoms with E-state index in [2.05, 4.69) is 19.7 Å². The normalized spacial score (nSPS) is 18.8. The predicted molar refractivity (Wildman–Crippen MR) is 145 cm³/mol. The van der Waals surface area contributed by atoms with E-state index >= 15 is 0 Å². The van der Waals surface area contributed by atoms with Crippen molar-refractivity contribution in [2.24, 2.45) is 0 Å². The highest BCUT2D eigenvalue weighted by Gasteiger charge is 2.47. The van der Waals surface area contributed by atoms with Crippen LogP contribution in [0.25, 0.3) is 0 Å². The van der Waals surface area contributed by atoms with Crippen LogP contribution in [0.4, 0.5) is 0 Å². The molecule has 0 heterocycles. The van der Waals surface area contributed by atoms with Crippen molar-refractivity contribution in [3.05, 3.63) is 38.0 Å². The van der Waals surface area contributed by atoms with Gasteiger partial charge >= 0.3 is 0 Å². The lowest BCUT2D eigenvalue weighted by atomic mass is 9.88. The fraction of sp³-hybridized carbons (Fsp3) is 0.667. The minimum Gasteiger partial charge on any atom is -0.396 e. The Morgan fingerprint density at radius 2 is 0.857 bits per heavy atom. The average Bonchev–Trinajstić information content (AvgIpc) is 2.98. The molecular formula is C27H44O15. The van der Waals surface area contributed by atoms with Gasteiger partial charge in [0.15, 0.2) is 34.2 Å². The van der Waals surface area contributed by atoms with Crippen molar-refractivity contribution >= 4 is 17.3 Å². The number of hydrogen-bond acceptors (Lipinski definition) is 15. The summed E-state index contributed by atoms with van der Waals surface area (Å²) in [5, 5.41) is 90.5. The van der Waals surface area contributed by atoms with Gasteiger partial charge in [-0.05, 0) is 18.2 Å². The zero-order chi connectivity index (χ0) is 32.6. The Kier molecular flexibility index (Phi) is 18.1. The van der Waals surface area contributed by atoms with E-state index in [-0.39, 0.29) is 0 Å². The topological polar surface area (TPSA) is 261 Å². The molecule has 0 bridgehead atoms. The Morgan fingerprint density at radius 1 is 0.571 bits per heavy atom. The molecule has 0 spiro atoms. The van der Waals surface area contributed by atoms with E-state index < -0.39 is 131 Å². The molecule has 15 nitrogen and oxygen atoms in total. The Labute approximate surface area is 243 Å². The molecule has 0 saturated heterocycles. The van der Waals surface area contributed by atoms with Gasteiger partial charge in [0.25, 0.3) is 0 Å². The average molecular weight is 609 g/mol. The lowest BCUT2D eigenvalue weighted by Crippen LogP contribution is -2.56. The summed E-state index contributed by atoms with van der Waals surface area (Å²) >= 11 is 0. The summed E-state index contributed by atoms with van der Waals surface area (Å²) in [6.45, 7) is 3.35. The standard InChI is InChI=1S/C27H44O15/c1-4-19(34)25(37,7-10-28)22(13-31)40-16-18(42-24(15-33)27(39,9-12-30)21(36)6-3)17-41-23(14-32)26(38,8-11-29)20(35)5-2/h4-6,18,22-24,28-33,37-39H,1-3,7-17H2. The van der Waals surface area contributed by atoms with E-state index in [9.17, 15) is 60.3 Å². The van der Waals surface area contributed by atoms with E-state index in [1.807, 2.05) is 0 Å². The van der Waals surface area contributed by atoms with Gasteiger partial charge in [-0.25, -0.2) is 0 Å². The summed E-state index contributed by atoms with van der Waals surface area (Å²) in [6.07, 6.45) is -6.17. The van der Waals surface area contributed by atoms with Crippen molar-refractivity contribution in [3.63, 3.8) is 0 Å². The number of carbonyl (C=O) groups is 3. The van der Waals surface area contributed by atoms with Crippen LogP contribution in [-0.4, -0.2) is 157 Å². The molecule has 0 rings (SSSR count). The molecule has 0 saturated carbocycles. The van der Waals surface area contributed by atoms with Gasteiger partial charge in [0.05, 0.1) is 33.0 Å². The zero-order valence-corrected chi connectivity index (χ0v) is 23.4. The van der Waals surface area contributed by atoms with Crippen LogP contribution >= 0.6 is 0 Å². The van der Waals surface area contributed by atoms with Gasteiger partial charge in [0.1, 0.15) is 24.4 Å². The first-order valence-corrected chi connectivity index (χ1v) is 13.0. The quantitative estimate of drug-likeness (QED) is 0.0425. The molecule has 242 valence electrons. The molecule has 6 unspecified atom stereocenters. The number of ketones is 3. The van der Waals surface area contributed by atoms with Crippen LogP contribution in [-0.2, 0) is 28.6 Å². The number of hydrogen-bond donors (Lipinski definition) is 9. The minimum atomic E-state index is -2.51. The van der Waals surface area contributed by atoms with Crippen LogP contribution in [0.5, 0.6) is 0 Å². The Hall–Kier alpha value is -2.25. The molecule has 0 aliphatic rings. The highest BCUT2D eigenvalue weighted by Crippen LogP contribution is 2.26. The SMILES string of the molecule is C=CC(=O)C(O)(CCO)C(CO)OCC(COC(CO)C(O)(CCO)C(=O)C=C)OC(CO)C(O)(CCO)C(=O)C=C. The van der Waals surface area contributed by atoms with Crippen molar-refractivity contribution in [2.75, 3.05) is 52.9 Å². The van der Waals surface area contributed by atoms with Crippen LogP contribution in [0.3, 0.4) is 0 Å². The summed E-state index contributed by atoms with van der Waals surface area (Å²) in [6, 6.07) is 0. The van der Waals surface area contributed by atoms with Crippen LogP contribution in [0.2, 0.25) is 0 Å².